The number of carbonyl (C=O) groups excluding carboxylic acids is 1. The maximum absolute atomic E-state index is 14.0. The van der Waals surface area contributed by atoms with Crippen LogP contribution in [0.15, 0.2) is 94.9 Å². The number of nitrogens with zero attached hydrogens (tertiary/aromatic N) is 5. The number of likely N-dealkylation sites (tertiary alicyclic amines) is 1. The van der Waals surface area contributed by atoms with Crippen LogP contribution >= 0.6 is 0 Å². The number of amides is 1. The van der Waals surface area contributed by atoms with Gasteiger partial charge in [-0.2, -0.15) is 5.10 Å². The smallest absolute Gasteiger partial charge is 0.313 e. The Bertz CT molecular complexity index is 1610. The minimum atomic E-state index is -0.750. The Morgan fingerprint density at radius 3 is 2.33 bits per heavy atom. The summed E-state index contributed by atoms with van der Waals surface area (Å²) in [5, 5.41) is 6.40. The molecule has 43 heavy (non-hydrogen) atoms. The molecule has 0 atom stereocenters. The summed E-state index contributed by atoms with van der Waals surface area (Å²) in [5.74, 6) is 0.00716. The molecule has 1 saturated heterocycles. The Morgan fingerprint density at radius 2 is 1.65 bits per heavy atom. The van der Waals surface area contributed by atoms with E-state index in [0.717, 1.165) is 22.5 Å². The van der Waals surface area contributed by atoms with Crippen LogP contribution in [0.1, 0.15) is 43.5 Å². The van der Waals surface area contributed by atoms with Crippen LogP contribution < -0.4 is 10.3 Å². The Labute approximate surface area is 251 Å². The van der Waals surface area contributed by atoms with Gasteiger partial charge in [-0.15, -0.1) is 0 Å². The van der Waals surface area contributed by atoms with Crippen molar-refractivity contribution in [1.29, 1.82) is 0 Å². The fourth-order valence-electron chi connectivity index (χ4n) is 5.81. The molecule has 3 aromatic rings. The van der Waals surface area contributed by atoms with Crippen LogP contribution in [0.2, 0.25) is 0 Å². The normalized spacial score (nSPS) is 17.3. The van der Waals surface area contributed by atoms with Gasteiger partial charge in [-0.05, 0) is 69.1 Å². The van der Waals surface area contributed by atoms with Gasteiger partial charge >= 0.3 is 5.56 Å². The third kappa shape index (κ3) is 6.17. The van der Waals surface area contributed by atoms with Crippen LogP contribution in [0.25, 0.3) is 6.20 Å². The van der Waals surface area contributed by atoms with Gasteiger partial charge < -0.3 is 4.74 Å². The van der Waals surface area contributed by atoms with E-state index in [0.29, 0.717) is 44.8 Å². The third-order valence-electron chi connectivity index (χ3n) is 8.11. The number of ether oxygens (including phenoxy) is 1. The molecule has 3 heterocycles. The average molecular weight is 584 g/mol. The molecule has 0 N–H and O–H groups in total. The highest BCUT2D eigenvalue weighted by atomic mass is 19.1. The molecule has 1 spiro atoms. The lowest BCUT2D eigenvalue weighted by Gasteiger charge is -2.38. The summed E-state index contributed by atoms with van der Waals surface area (Å²) in [7, 11) is 1.86. The molecule has 224 valence electrons. The molecular weight excluding hydrogens is 545 g/mol. The highest BCUT2D eigenvalue weighted by Crippen LogP contribution is 2.42. The lowest BCUT2D eigenvalue weighted by Crippen LogP contribution is -2.48. The zero-order valence-electron chi connectivity index (χ0n) is 24.9. The Kier molecular flexibility index (Phi) is 9.21. The molecule has 0 saturated carbocycles. The first-order chi connectivity index (χ1) is 20.9. The molecule has 2 aliphatic heterocycles. The molecule has 2 aromatic carbocycles. The van der Waals surface area contributed by atoms with E-state index in [4.69, 9.17) is 9.84 Å². The van der Waals surface area contributed by atoms with E-state index < -0.39 is 5.41 Å². The average Bonchev–Trinajstić information content (AvgIpc) is 3.40. The SMILES string of the molecule is C\C=C/C=C\C=C\n1c(=O)c(OCC)c(CN2CCC3(CC2)C(=O)N(Cc2ccc(F)cc2)N=C3c2ccccc2)n1C. The number of hydrazone groups is 1. The summed E-state index contributed by atoms with van der Waals surface area (Å²) in [6, 6.07) is 16.0. The second kappa shape index (κ2) is 13.2. The number of carbonyl (C=O) groups is 1. The van der Waals surface area contributed by atoms with Crippen LogP contribution in [0.5, 0.6) is 5.75 Å². The third-order valence-corrected chi connectivity index (χ3v) is 8.11. The predicted molar refractivity (Wildman–Crippen MR) is 167 cm³/mol. The second-order valence-electron chi connectivity index (χ2n) is 10.8. The quantitative estimate of drug-likeness (QED) is 0.302. The van der Waals surface area contributed by atoms with E-state index in [9.17, 15) is 14.0 Å². The van der Waals surface area contributed by atoms with Crippen molar-refractivity contribution in [3.8, 4) is 5.75 Å². The van der Waals surface area contributed by atoms with Crippen molar-refractivity contribution in [3.05, 3.63) is 118 Å². The predicted octanol–water partition coefficient (Wildman–Crippen LogP) is 5.36. The molecular formula is C34H38FN5O3. The minimum Gasteiger partial charge on any atom is -0.487 e. The van der Waals surface area contributed by atoms with E-state index in [1.54, 1.807) is 28.0 Å². The summed E-state index contributed by atoms with van der Waals surface area (Å²) in [6.07, 6.45) is 12.4. The Hall–Kier alpha value is -4.50. The van der Waals surface area contributed by atoms with Crippen LogP contribution in [0.4, 0.5) is 4.39 Å². The number of halogens is 1. The van der Waals surface area contributed by atoms with E-state index in [1.807, 2.05) is 86.3 Å². The number of benzene rings is 2. The zero-order chi connectivity index (χ0) is 30.4. The maximum atomic E-state index is 14.0. The minimum absolute atomic E-state index is 0.0278. The topological polar surface area (TPSA) is 72.1 Å². The summed E-state index contributed by atoms with van der Waals surface area (Å²) in [6.45, 7) is 6.29. The van der Waals surface area contributed by atoms with Gasteiger partial charge in [0.2, 0.25) is 5.75 Å². The van der Waals surface area contributed by atoms with Gasteiger partial charge in [0.1, 0.15) is 5.82 Å². The molecule has 0 bridgehead atoms. The van der Waals surface area contributed by atoms with Crippen molar-refractivity contribution < 1.29 is 13.9 Å². The monoisotopic (exact) mass is 583 g/mol. The van der Waals surface area contributed by atoms with Crippen LogP contribution in [0, 0.1) is 11.2 Å². The van der Waals surface area contributed by atoms with E-state index in [-0.39, 0.29) is 23.8 Å². The van der Waals surface area contributed by atoms with E-state index >= 15 is 0 Å². The van der Waals surface area contributed by atoms with Gasteiger partial charge in [0.15, 0.2) is 0 Å². The summed E-state index contributed by atoms with van der Waals surface area (Å²) in [4.78, 5) is 29.5. The van der Waals surface area contributed by atoms with Gasteiger partial charge in [0, 0.05) is 19.8 Å². The number of hydrogen-bond donors (Lipinski definition) is 0. The molecule has 1 aromatic heterocycles. The maximum Gasteiger partial charge on any atom is 0.313 e. The van der Waals surface area contributed by atoms with Crippen LogP contribution in [-0.2, 0) is 24.9 Å². The molecule has 9 heteroatoms. The molecule has 5 rings (SSSR count). The Balaban J connectivity index is 1.37. The number of piperidine rings is 1. The highest BCUT2D eigenvalue weighted by Gasteiger charge is 2.52. The first-order valence-corrected chi connectivity index (χ1v) is 14.7. The number of hydrogen-bond acceptors (Lipinski definition) is 5. The van der Waals surface area contributed by atoms with Crippen molar-refractivity contribution in [3.63, 3.8) is 0 Å². The van der Waals surface area contributed by atoms with Gasteiger partial charge in [-0.3, -0.25) is 19.2 Å². The van der Waals surface area contributed by atoms with Gasteiger partial charge in [0.25, 0.3) is 5.91 Å². The van der Waals surface area contributed by atoms with Crippen molar-refractivity contribution >= 4 is 17.8 Å². The highest BCUT2D eigenvalue weighted by molar-refractivity contribution is 6.19. The fraction of sp³-hybridized carbons (Fsp3) is 0.324. The summed E-state index contributed by atoms with van der Waals surface area (Å²) >= 11 is 0. The van der Waals surface area contributed by atoms with E-state index in [2.05, 4.69) is 4.90 Å². The molecule has 1 fully saturated rings. The summed E-state index contributed by atoms with van der Waals surface area (Å²) in [5.41, 5.74) is 2.37. The second-order valence-corrected chi connectivity index (χ2v) is 10.8. The first-order valence-electron chi connectivity index (χ1n) is 14.7. The van der Waals surface area contributed by atoms with Gasteiger partial charge in [-0.25, -0.2) is 14.1 Å². The summed E-state index contributed by atoms with van der Waals surface area (Å²) < 4.78 is 22.7. The lowest BCUT2D eigenvalue weighted by molar-refractivity contribution is -0.138. The number of allylic oxidation sites excluding steroid dienone is 5. The van der Waals surface area contributed by atoms with Crippen LogP contribution in [-0.4, -0.2) is 50.6 Å². The molecule has 0 aliphatic carbocycles. The van der Waals surface area contributed by atoms with Crippen molar-refractivity contribution in [2.24, 2.45) is 17.6 Å². The first kappa shape index (κ1) is 30.0. The van der Waals surface area contributed by atoms with Crippen LogP contribution in [0.3, 0.4) is 0 Å². The molecule has 0 unspecified atom stereocenters. The van der Waals surface area contributed by atoms with Gasteiger partial charge in [0.05, 0.1) is 30.0 Å². The lowest BCUT2D eigenvalue weighted by atomic mass is 9.72. The number of aromatic nitrogens is 2. The largest absolute Gasteiger partial charge is 0.487 e. The zero-order valence-corrected chi connectivity index (χ0v) is 24.9. The number of rotatable bonds is 10. The van der Waals surface area contributed by atoms with Gasteiger partial charge in [-0.1, -0.05) is 66.8 Å². The van der Waals surface area contributed by atoms with Crippen molar-refractivity contribution in [2.75, 3.05) is 19.7 Å². The fourth-order valence-corrected chi connectivity index (χ4v) is 5.81. The molecule has 2 aliphatic rings. The van der Waals surface area contributed by atoms with Crippen molar-refractivity contribution in [2.45, 2.75) is 39.8 Å². The van der Waals surface area contributed by atoms with E-state index in [1.165, 1.54) is 12.1 Å². The Morgan fingerprint density at radius 1 is 0.953 bits per heavy atom. The molecule has 1 amide bonds. The van der Waals surface area contributed by atoms with Crippen molar-refractivity contribution in [1.82, 2.24) is 19.3 Å². The molecule has 8 nitrogen and oxygen atoms in total. The molecule has 0 radical (unpaired) electrons. The standard InChI is InChI=1S/C34H38FN5O3/c1-4-6-7-8-12-21-40-32(41)30(43-5-2)29(37(40)3)25-38-22-19-34(20-23-38)31(27-13-10-9-11-14-27)36-39(33(34)42)24-26-15-17-28(35)18-16-26/h4,6-18,21H,5,19-20,22-25H2,1-3H3/b6-4-,8-7-,21-12+.